The van der Waals surface area contributed by atoms with Crippen molar-refractivity contribution in [2.24, 2.45) is 5.41 Å². The van der Waals surface area contributed by atoms with E-state index in [2.05, 4.69) is 0 Å². The van der Waals surface area contributed by atoms with E-state index in [-0.39, 0.29) is 17.8 Å². The van der Waals surface area contributed by atoms with Gasteiger partial charge in [-0.15, -0.1) is 0 Å². The minimum absolute atomic E-state index is 0.0231. The van der Waals surface area contributed by atoms with Crippen molar-refractivity contribution >= 4 is 11.8 Å². The van der Waals surface area contributed by atoms with Crippen LogP contribution in [0.2, 0.25) is 0 Å². The van der Waals surface area contributed by atoms with Gasteiger partial charge in [-0.3, -0.25) is 4.79 Å². The predicted molar refractivity (Wildman–Crippen MR) is 72.6 cm³/mol. The standard InChI is InChI=1S/C15H20O4/c1-5-11(13(17)18)6-7-15(19)10(2)8-12(16)9-14(15,3)4/h5-8,19H,9H2,1-4H3,(H,17,18)/b7-6+,11-5-/t15-/m1/s1. The smallest absolute Gasteiger partial charge is 0.335 e. The third-order valence-corrected chi connectivity index (χ3v) is 3.69. The highest BCUT2D eigenvalue weighted by atomic mass is 16.4. The van der Waals surface area contributed by atoms with E-state index in [9.17, 15) is 14.7 Å². The summed E-state index contributed by atoms with van der Waals surface area (Å²) in [5.74, 6) is -1.07. The van der Waals surface area contributed by atoms with E-state index >= 15 is 0 Å². The summed E-state index contributed by atoms with van der Waals surface area (Å²) in [7, 11) is 0. The Morgan fingerprint density at radius 2 is 2.00 bits per heavy atom. The maximum absolute atomic E-state index is 11.6. The Balaban J connectivity index is 3.22. The van der Waals surface area contributed by atoms with Crippen LogP contribution in [0.25, 0.3) is 0 Å². The molecule has 0 fully saturated rings. The second-order valence-electron chi connectivity index (χ2n) is 5.50. The molecule has 0 aromatic carbocycles. The van der Waals surface area contributed by atoms with Crippen molar-refractivity contribution in [1.82, 2.24) is 0 Å². The minimum atomic E-state index is -1.31. The number of hydrogen-bond acceptors (Lipinski definition) is 3. The molecule has 104 valence electrons. The maximum atomic E-state index is 11.6. The third-order valence-electron chi connectivity index (χ3n) is 3.69. The molecule has 0 aliphatic heterocycles. The quantitative estimate of drug-likeness (QED) is 0.605. The monoisotopic (exact) mass is 264 g/mol. The molecule has 0 heterocycles. The number of aliphatic hydroxyl groups is 1. The second kappa shape index (κ2) is 5.13. The zero-order chi connectivity index (χ0) is 14.8. The normalized spacial score (nSPS) is 27.5. The summed E-state index contributed by atoms with van der Waals surface area (Å²) in [6, 6.07) is 0. The van der Waals surface area contributed by atoms with Crippen molar-refractivity contribution in [3.63, 3.8) is 0 Å². The molecule has 4 heteroatoms. The lowest BCUT2D eigenvalue weighted by Gasteiger charge is -2.43. The average molecular weight is 264 g/mol. The number of ketones is 1. The number of rotatable bonds is 3. The van der Waals surface area contributed by atoms with E-state index in [4.69, 9.17) is 5.11 Å². The van der Waals surface area contributed by atoms with Crippen LogP contribution in [-0.2, 0) is 9.59 Å². The highest BCUT2D eigenvalue weighted by Gasteiger charge is 2.46. The van der Waals surface area contributed by atoms with Crippen LogP contribution in [0, 0.1) is 5.41 Å². The van der Waals surface area contributed by atoms with Gasteiger partial charge < -0.3 is 10.2 Å². The molecule has 0 radical (unpaired) electrons. The number of hydrogen-bond donors (Lipinski definition) is 2. The summed E-state index contributed by atoms with van der Waals surface area (Å²) >= 11 is 0. The maximum Gasteiger partial charge on any atom is 0.335 e. The Hall–Kier alpha value is -1.68. The molecule has 2 N–H and O–H groups in total. The first-order valence-electron chi connectivity index (χ1n) is 6.17. The molecule has 0 saturated carbocycles. The van der Waals surface area contributed by atoms with Gasteiger partial charge in [-0.25, -0.2) is 4.79 Å². The van der Waals surface area contributed by atoms with Gasteiger partial charge in [-0.05, 0) is 37.6 Å². The second-order valence-corrected chi connectivity index (χ2v) is 5.50. The minimum Gasteiger partial charge on any atom is -0.478 e. The summed E-state index contributed by atoms with van der Waals surface area (Å²) in [5.41, 5.74) is -1.35. The topological polar surface area (TPSA) is 74.6 Å². The van der Waals surface area contributed by atoms with Gasteiger partial charge in [-0.2, -0.15) is 0 Å². The van der Waals surface area contributed by atoms with E-state index in [1.165, 1.54) is 24.3 Å². The van der Waals surface area contributed by atoms with E-state index in [0.29, 0.717) is 5.57 Å². The average Bonchev–Trinajstić information content (AvgIpc) is 2.25. The van der Waals surface area contributed by atoms with Crippen molar-refractivity contribution in [2.45, 2.75) is 39.7 Å². The summed E-state index contributed by atoms with van der Waals surface area (Å²) in [5, 5.41) is 19.7. The number of aliphatic carboxylic acids is 1. The fourth-order valence-corrected chi connectivity index (χ4v) is 2.37. The van der Waals surface area contributed by atoms with Crippen molar-refractivity contribution in [2.75, 3.05) is 0 Å². The van der Waals surface area contributed by atoms with Gasteiger partial charge in [0.15, 0.2) is 5.78 Å². The van der Waals surface area contributed by atoms with Crippen molar-refractivity contribution in [1.29, 1.82) is 0 Å². The van der Waals surface area contributed by atoms with Crippen LogP contribution in [0.4, 0.5) is 0 Å². The van der Waals surface area contributed by atoms with E-state index in [1.807, 2.05) is 0 Å². The van der Waals surface area contributed by atoms with Crippen molar-refractivity contribution in [3.05, 3.63) is 35.5 Å². The van der Waals surface area contributed by atoms with Crippen LogP contribution in [-0.4, -0.2) is 27.6 Å². The van der Waals surface area contributed by atoms with E-state index < -0.39 is 17.0 Å². The van der Waals surface area contributed by atoms with Crippen LogP contribution >= 0.6 is 0 Å². The Kier molecular flexibility index (Phi) is 4.15. The lowest BCUT2D eigenvalue weighted by Crippen LogP contribution is -2.48. The lowest BCUT2D eigenvalue weighted by molar-refractivity contribution is -0.132. The van der Waals surface area contributed by atoms with Gasteiger partial charge in [0.2, 0.25) is 0 Å². The molecule has 1 atom stereocenters. The van der Waals surface area contributed by atoms with Gasteiger partial charge in [0, 0.05) is 11.8 Å². The Morgan fingerprint density at radius 3 is 2.42 bits per heavy atom. The summed E-state index contributed by atoms with van der Waals surface area (Å²) in [6.07, 6.45) is 5.96. The van der Waals surface area contributed by atoms with E-state index in [1.54, 1.807) is 27.7 Å². The number of carbonyl (C=O) groups excluding carboxylic acids is 1. The SMILES string of the molecule is C/C=C(/C=C/[C@@]1(O)C(C)=CC(=O)CC1(C)C)C(=O)O. The lowest BCUT2D eigenvalue weighted by atomic mass is 9.64. The Morgan fingerprint density at radius 1 is 1.42 bits per heavy atom. The van der Waals surface area contributed by atoms with Crippen LogP contribution in [0.15, 0.2) is 35.5 Å². The Labute approximate surface area is 113 Å². The molecule has 0 bridgehead atoms. The van der Waals surface area contributed by atoms with Crippen molar-refractivity contribution in [3.8, 4) is 0 Å². The molecule has 19 heavy (non-hydrogen) atoms. The van der Waals surface area contributed by atoms with Gasteiger partial charge in [0.25, 0.3) is 0 Å². The Bertz CT molecular complexity index is 494. The first-order valence-corrected chi connectivity index (χ1v) is 6.17. The van der Waals surface area contributed by atoms with Crippen LogP contribution < -0.4 is 0 Å². The van der Waals surface area contributed by atoms with Gasteiger partial charge in [0.1, 0.15) is 5.60 Å². The zero-order valence-corrected chi connectivity index (χ0v) is 11.7. The summed E-state index contributed by atoms with van der Waals surface area (Å²) < 4.78 is 0. The van der Waals surface area contributed by atoms with Crippen LogP contribution in [0.5, 0.6) is 0 Å². The number of carboxylic acids is 1. The van der Waals surface area contributed by atoms with Crippen molar-refractivity contribution < 1.29 is 19.8 Å². The highest BCUT2D eigenvalue weighted by molar-refractivity contribution is 5.93. The molecule has 0 aromatic rings. The number of carboxylic acid groups (broad SMARTS) is 1. The molecular formula is C15H20O4. The third kappa shape index (κ3) is 2.84. The molecule has 4 nitrogen and oxygen atoms in total. The largest absolute Gasteiger partial charge is 0.478 e. The van der Waals surface area contributed by atoms with E-state index in [0.717, 1.165) is 0 Å². The van der Waals surface area contributed by atoms with Gasteiger partial charge in [-0.1, -0.05) is 19.9 Å². The number of carbonyl (C=O) groups is 2. The number of allylic oxidation sites excluding steroid dienone is 2. The van der Waals surface area contributed by atoms with Gasteiger partial charge >= 0.3 is 5.97 Å². The van der Waals surface area contributed by atoms with Gasteiger partial charge in [0.05, 0.1) is 5.57 Å². The summed E-state index contributed by atoms with van der Waals surface area (Å²) in [4.78, 5) is 22.5. The first kappa shape index (κ1) is 15.4. The zero-order valence-electron chi connectivity index (χ0n) is 11.7. The molecule has 1 aliphatic rings. The molecule has 1 aliphatic carbocycles. The first-order chi connectivity index (χ1) is 8.64. The molecule has 0 amide bonds. The van der Waals surface area contributed by atoms with Crippen LogP contribution in [0.1, 0.15) is 34.1 Å². The molecule has 0 aromatic heterocycles. The molecule has 1 rings (SSSR count). The fraction of sp³-hybridized carbons (Fsp3) is 0.467. The molecule has 0 spiro atoms. The summed E-state index contributed by atoms with van der Waals surface area (Å²) in [6.45, 7) is 6.89. The fourth-order valence-electron chi connectivity index (χ4n) is 2.37. The van der Waals surface area contributed by atoms with Crippen LogP contribution in [0.3, 0.4) is 0 Å². The predicted octanol–water partition coefficient (Wildman–Crippen LogP) is 2.25. The molecular weight excluding hydrogens is 244 g/mol. The molecule has 0 saturated heterocycles. The molecule has 0 unspecified atom stereocenters. The highest BCUT2D eigenvalue weighted by Crippen LogP contribution is 2.44.